The van der Waals surface area contributed by atoms with Crippen molar-refractivity contribution in [3.05, 3.63) is 60.4 Å². The third-order valence-electron chi connectivity index (χ3n) is 4.84. The van der Waals surface area contributed by atoms with Crippen LogP contribution in [0.4, 0.5) is 10.1 Å². The third kappa shape index (κ3) is 6.43. The van der Waals surface area contributed by atoms with Crippen molar-refractivity contribution < 1.29 is 22.3 Å². The zero-order valence-electron chi connectivity index (χ0n) is 16.7. The Bertz CT molecular complexity index is 915. The van der Waals surface area contributed by atoms with Crippen molar-refractivity contribution >= 4 is 21.6 Å². The number of anilines is 1. The molecule has 0 aliphatic carbocycles. The first-order valence-electron chi connectivity index (χ1n) is 9.87. The smallest absolute Gasteiger partial charge is 0.257 e. The van der Waals surface area contributed by atoms with Crippen LogP contribution in [0.5, 0.6) is 5.75 Å². The number of ether oxygens (including phenoxy) is 1. The maximum atomic E-state index is 13.1. The summed E-state index contributed by atoms with van der Waals surface area (Å²) in [5, 5.41) is 2.68. The Labute approximate surface area is 176 Å². The number of piperazine rings is 1. The van der Waals surface area contributed by atoms with Crippen LogP contribution in [0.25, 0.3) is 0 Å². The molecule has 1 amide bonds. The van der Waals surface area contributed by atoms with Crippen molar-refractivity contribution in [3.8, 4) is 5.75 Å². The number of nitrogens with zero attached hydrogens (tertiary/aromatic N) is 2. The van der Waals surface area contributed by atoms with E-state index >= 15 is 0 Å². The highest BCUT2D eigenvalue weighted by atomic mass is 32.2. The lowest BCUT2D eigenvalue weighted by atomic mass is 10.2. The van der Waals surface area contributed by atoms with Crippen molar-refractivity contribution in [1.29, 1.82) is 0 Å². The Morgan fingerprint density at radius 2 is 1.67 bits per heavy atom. The molecule has 0 atom stereocenters. The zero-order chi connectivity index (χ0) is 21.4. The molecule has 0 radical (unpaired) electrons. The molecule has 2 aromatic carbocycles. The van der Waals surface area contributed by atoms with E-state index < -0.39 is 10.0 Å². The van der Waals surface area contributed by atoms with E-state index in [1.807, 2.05) is 23.1 Å². The minimum atomic E-state index is -3.38. The molecule has 1 aliphatic rings. The van der Waals surface area contributed by atoms with Crippen LogP contribution in [-0.2, 0) is 14.8 Å². The van der Waals surface area contributed by atoms with Crippen LogP contribution in [0, 0.1) is 5.82 Å². The molecule has 0 aromatic heterocycles. The number of sulfonamides is 1. The summed E-state index contributed by atoms with van der Waals surface area (Å²) in [5.41, 5.74) is 0.883. The number of carbonyl (C=O) groups is 1. The van der Waals surface area contributed by atoms with Gasteiger partial charge in [-0.2, -0.15) is 4.31 Å². The number of benzene rings is 2. The molecule has 0 bridgehead atoms. The fourth-order valence-corrected chi connectivity index (χ4v) is 4.69. The SMILES string of the molecule is O=C(COc1ccccc1)NCCCS(=O)(=O)N1CCN(c2ccc(F)cc2)CC1. The predicted octanol–water partition coefficient (Wildman–Crippen LogP) is 1.86. The van der Waals surface area contributed by atoms with E-state index in [4.69, 9.17) is 4.74 Å². The molecule has 0 unspecified atom stereocenters. The molecular weight excluding hydrogens is 409 g/mol. The topological polar surface area (TPSA) is 78.9 Å². The van der Waals surface area contributed by atoms with Gasteiger partial charge in [0.1, 0.15) is 11.6 Å². The Morgan fingerprint density at radius 1 is 1.00 bits per heavy atom. The summed E-state index contributed by atoms with van der Waals surface area (Å²) in [6.07, 6.45) is 0.331. The van der Waals surface area contributed by atoms with Gasteiger partial charge in [0.2, 0.25) is 10.0 Å². The fraction of sp³-hybridized carbons (Fsp3) is 0.381. The first-order chi connectivity index (χ1) is 14.4. The summed E-state index contributed by atoms with van der Waals surface area (Å²) in [7, 11) is -3.38. The number of rotatable bonds is 9. The van der Waals surface area contributed by atoms with E-state index in [0.717, 1.165) is 5.69 Å². The van der Waals surface area contributed by atoms with Gasteiger partial charge in [0, 0.05) is 38.4 Å². The molecule has 2 aromatic rings. The molecule has 1 heterocycles. The number of nitrogens with one attached hydrogen (secondary N) is 1. The van der Waals surface area contributed by atoms with Crippen LogP contribution in [0.3, 0.4) is 0 Å². The van der Waals surface area contributed by atoms with Crippen LogP contribution < -0.4 is 15.0 Å². The lowest BCUT2D eigenvalue weighted by Crippen LogP contribution is -2.49. The normalized spacial score (nSPS) is 15.0. The molecule has 1 fully saturated rings. The van der Waals surface area contributed by atoms with E-state index in [0.29, 0.717) is 38.3 Å². The minimum Gasteiger partial charge on any atom is -0.484 e. The van der Waals surface area contributed by atoms with Gasteiger partial charge in [-0.25, -0.2) is 12.8 Å². The van der Waals surface area contributed by atoms with Crippen molar-refractivity contribution in [1.82, 2.24) is 9.62 Å². The van der Waals surface area contributed by atoms with Gasteiger partial charge < -0.3 is 15.0 Å². The lowest BCUT2D eigenvalue weighted by Gasteiger charge is -2.35. The van der Waals surface area contributed by atoms with Crippen LogP contribution in [-0.4, -0.2) is 63.7 Å². The Hall–Kier alpha value is -2.65. The van der Waals surface area contributed by atoms with Crippen LogP contribution in [0.2, 0.25) is 0 Å². The summed E-state index contributed by atoms with van der Waals surface area (Å²) in [4.78, 5) is 13.8. The van der Waals surface area contributed by atoms with Crippen molar-refractivity contribution in [2.24, 2.45) is 0 Å². The number of hydrogen-bond donors (Lipinski definition) is 1. The number of hydrogen-bond acceptors (Lipinski definition) is 5. The second-order valence-corrected chi connectivity index (χ2v) is 9.07. The van der Waals surface area contributed by atoms with Crippen LogP contribution in [0.1, 0.15) is 6.42 Å². The highest BCUT2D eigenvalue weighted by Gasteiger charge is 2.26. The standard InChI is InChI=1S/C21H26FN3O4S/c22-18-7-9-19(10-8-18)24-12-14-25(15-13-24)30(27,28)16-4-11-23-21(26)17-29-20-5-2-1-3-6-20/h1-3,5-10H,4,11-17H2,(H,23,26). The molecule has 30 heavy (non-hydrogen) atoms. The molecule has 1 aliphatic heterocycles. The minimum absolute atomic E-state index is 0.0244. The van der Waals surface area contributed by atoms with E-state index in [-0.39, 0.29) is 30.6 Å². The molecule has 9 heteroatoms. The summed E-state index contributed by atoms with van der Waals surface area (Å²) in [6, 6.07) is 15.2. The average Bonchev–Trinajstić information content (AvgIpc) is 2.77. The van der Waals surface area contributed by atoms with Crippen molar-refractivity contribution in [2.45, 2.75) is 6.42 Å². The summed E-state index contributed by atoms with van der Waals surface area (Å²) >= 11 is 0. The molecule has 0 saturated carbocycles. The van der Waals surface area contributed by atoms with E-state index in [1.54, 1.807) is 24.3 Å². The predicted molar refractivity (Wildman–Crippen MR) is 114 cm³/mol. The van der Waals surface area contributed by atoms with Crippen molar-refractivity contribution in [2.75, 3.05) is 50.0 Å². The molecule has 7 nitrogen and oxygen atoms in total. The Kier molecular flexibility index (Phi) is 7.64. The van der Waals surface area contributed by atoms with Gasteiger partial charge in [-0.05, 0) is 42.8 Å². The van der Waals surface area contributed by atoms with Crippen molar-refractivity contribution in [3.63, 3.8) is 0 Å². The summed E-state index contributed by atoms with van der Waals surface area (Å²) in [5.74, 6) is 0.00136. The molecule has 0 spiro atoms. The maximum Gasteiger partial charge on any atom is 0.257 e. The average molecular weight is 436 g/mol. The van der Waals surface area contributed by atoms with Gasteiger partial charge >= 0.3 is 0 Å². The fourth-order valence-electron chi connectivity index (χ4n) is 3.20. The maximum absolute atomic E-state index is 13.1. The second kappa shape index (κ2) is 10.4. The first kappa shape index (κ1) is 22.0. The summed E-state index contributed by atoms with van der Waals surface area (Å²) in [6.45, 7) is 2.04. The quantitative estimate of drug-likeness (QED) is 0.609. The van der Waals surface area contributed by atoms with Gasteiger partial charge in [0.15, 0.2) is 6.61 Å². The van der Waals surface area contributed by atoms with Gasteiger partial charge in [-0.1, -0.05) is 18.2 Å². The van der Waals surface area contributed by atoms with E-state index in [9.17, 15) is 17.6 Å². The molecule has 1 saturated heterocycles. The highest BCUT2D eigenvalue weighted by Crippen LogP contribution is 2.18. The monoisotopic (exact) mass is 435 g/mol. The summed E-state index contributed by atoms with van der Waals surface area (Å²) < 4.78 is 45.0. The van der Waals surface area contributed by atoms with Gasteiger partial charge in [0.05, 0.1) is 5.75 Å². The number of para-hydroxylation sites is 1. The van der Waals surface area contributed by atoms with Gasteiger partial charge in [-0.15, -0.1) is 0 Å². The van der Waals surface area contributed by atoms with Crippen LogP contribution in [0.15, 0.2) is 54.6 Å². The Balaban J connectivity index is 1.35. The molecule has 1 N–H and O–H groups in total. The van der Waals surface area contributed by atoms with E-state index in [2.05, 4.69) is 5.32 Å². The largest absolute Gasteiger partial charge is 0.484 e. The second-order valence-electron chi connectivity index (χ2n) is 6.98. The number of carbonyl (C=O) groups excluding carboxylic acids is 1. The highest BCUT2D eigenvalue weighted by molar-refractivity contribution is 7.89. The molecule has 162 valence electrons. The molecular formula is C21H26FN3O4S. The van der Waals surface area contributed by atoms with Gasteiger partial charge in [0.25, 0.3) is 5.91 Å². The number of halogens is 1. The number of amides is 1. The lowest BCUT2D eigenvalue weighted by molar-refractivity contribution is -0.123. The third-order valence-corrected chi connectivity index (χ3v) is 6.79. The van der Waals surface area contributed by atoms with Crippen LogP contribution >= 0.6 is 0 Å². The zero-order valence-corrected chi connectivity index (χ0v) is 17.5. The molecule has 3 rings (SSSR count). The Morgan fingerprint density at radius 3 is 2.33 bits per heavy atom. The first-order valence-corrected chi connectivity index (χ1v) is 11.5. The van der Waals surface area contributed by atoms with Gasteiger partial charge in [-0.3, -0.25) is 4.79 Å². The van der Waals surface area contributed by atoms with E-state index in [1.165, 1.54) is 16.4 Å².